The maximum atomic E-state index is 12.6. The summed E-state index contributed by atoms with van der Waals surface area (Å²) in [6.45, 7) is 6.08. The van der Waals surface area contributed by atoms with E-state index in [9.17, 15) is 14.7 Å². The molecule has 0 aromatic heterocycles. The highest BCUT2D eigenvalue weighted by Crippen LogP contribution is 2.29. The van der Waals surface area contributed by atoms with Crippen molar-refractivity contribution in [3.63, 3.8) is 0 Å². The number of carbonyl (C=O) groups is 2. The van der Waals surface area contributed by atoms with Crippen molar-refractivity contribution < 1.29 is 19.4 Å². The summed E-state index contributed by atoms with van der Waals surface area (Å²) in [4.78, 5) is 23.9. The lowest BCUT2D eigenvalue weighted by molar-refractivity contribution is -0.122. The Balaban J connectivity index is 2.20. The quantitative estimate of drug-likeness (QED) is 0.720. The number of carboxylic acids is 1. The maximum Gasteiger partial charge on any atom is 0.337 e. The van der Waals surface area contributed by atoms with Crippen LogP contribution >= 0.6 is 0 Å². The van der Waals surface area contributed by atoms with Crippen LogP contribution in [0.3, 0.4) is 0 Å². The van der Waals surface area contributed by atoms with Gasteiger partial charge in [0, 0.05) is 0 Å². The molecule has 0 saturated carbocycles. The van der Waals surface area contributed by atoms with Gasteiger partial charge < -0.3 is 15.2 Å². The van der Waals surface area contributed by atoms with Crippen molar-refractivity contribution in [2.45, 2.75) is 45.6 Å². The van der Waals surface area contributed by atoms with Crippen LogP contribution in [0.5, 0.6) is 5.75 Å². The smallest absolute Gasteiger partial charge is 0.337 e. The number of aromatic carboxylic acids is 1. The van der Waals surface area contributed by atoms with Crippen LogP contribution in [0.1, 0.15) is 55.5 Å². The van der Waals surface area contributed by atoms with Crippen LogP contribution < -0.4 is 10.1 Å². The van der Waals surface area contributed by atoms with Gasteiger partial charge in [0.05, 0.1) is 11.3 Å². The van der Waals surface area contributed by atoms with Crippen LogP contribution in [-0.4, -0.2) is 23.1 Å². The Bertz CT molecular complexity index is 772. The van der Waals surface area contributed by atoms with E-state index in [4.69, 9.17) is 4.74 Å². The molecule has 2 atom stereocenters. The summed E-state index contributed by atoms with van der Waals surface area (Å²) in [5, 5.41) is 11.9. The topological polar surface area (TPSA) is 75.6 Å². The van der Waals surface area contributed by atoms with Crippen LogP contribution in [0.25, 0.3) is 0 Å². The third-order valence-corrected chi connectivity index (χ3v) is 4.41. The highest BCUT2D eigenvalue weighted by Gasteiger charge is 2.22. The first-order valence-electron chi connectivity index (χ1n) is 8.86. The second-order valence-electron chi connectivity index (χ2n) is 6.20. The minimum atomic E-state index is -1.09. The number of benzene rings is 2. The SMILES string of the molecule is CCC(Oc1ccccc1C(C)CC)C(=O)Nc1ccccc1C(=O)O. The summed E-state index contributed by atoms with van der Waals surface area (Å²) >= 11 is 0. The summed E-state index contributed by atoms with van der Waals surface area (Å²) in [6, 6.07) is 14.0. The number of hydrogen-bond acceptors (Lipinski definition) is 3. The molecule has 2 unspecified atom stereocenters. The summed E-state index contributed by atoms with van der Waals surface area (Å²) in [7, 11) is 0. The van der Waals surface area contributed by atoms with E-state index in [2.05, 4.69) is 19.2 Å². The van der Waals surface area contributed by atoms with Crippen molar-refractivity contribution in [3.8, 4) is 5.75 Å². The molecular weight excluding hydrogens is 330 g/mol. The molecule has 138 valence electrons. The summed E-state index contributed by atoms with van der Waals surface area (Å²) in [5.74, 6) is -0.438. The molecule has 1 amide bonds. The van der Waals surface area contributed by atoms with E-state index in [0.29, 0.717) is 18.1 Å². The summed E-state index contributed by atoms with van der Waals surface area (Å²) < 4.78 is 5.99. The molecule has 0 heterocycles. The second kappa shape index (κ2) is 9.04. The van der Waals surface area contributed by atoms with E-state index in [1.54, 1.807) is 18.2 Å². The molecule has 0 bridgehead atoms. The highest BCUT2D eigenvalue weighted by atomic mass is 16.5. The molecule has 0 aliphatic heterocycles. The van der Waals surface area contributed by atoms with Crippen molar-refractivity contribution in [1.82, 2.24) is 0 Å². The third-order valence-electron chi connectivity index (χ3n) is 4.41. The fraction of sp³-hybridized carbons (Fsp3) is 0.333. The van der Waals surface area contributed by atoms with Crippen molar-refractivity contribution in [2.24, 2.45) is 0 Å². The lowest BCUT2D eigenvalue weighted by Gasteiger charge is -2.21. The summed E-state index contributed by atoms with van der Waals surface area (Å²) in [5.41, 5.74) is 1.38. The summed E-state index contributed by atoms with van der Waals surface area (Å²) in [6.07, 6.45) is 0.729. The number of amides is 1. The van der Waals surface area contributed by atoms with Crippen LogP contribution in [0.4, 0.5) is 5.69 Å². The van der Waals surface area contributed by atoms with Crippen molar-refractivity contribution >= 4 is 17.6 Å². The number of nitrogens with one attached hydrogen (secondary N) is 1. The predicted molar refractivity (Wildman–Crippen MR) is 102 cm³/mol. The third kappa shape index (κ3) is 4.63. The van der Waals surface area contributed by atoms with Crippen LogP contribution in [0.2, 0.25) is 0 Å². The largest absolute Gasteiger partial charge is 0.480 e. The van der Waals surface area contributed by atoms with Gasteiger partial charge in [-0.25, -0.2) is 4.79 Å². The van der Waals surface area contributed by atoms with Crippen LogP contribution in [0, 0.1) is 0 Å². The molecule has 2 rings (SSSR count). The van der Waals surface area contributed by atoms with E-state index in [0.717, 1.165) is 12.0 Å². The number of ether oxygens (including phenoxy) is 1. The second-order valence-corrected chi connectivity index (χ2v) is 6.20. The van der Waals surface area contributed by atoms with Crippen molar-refractivity contribution in [1.29, 1.82) is 0 Å². The molecule has 0 aliphatic rings. The zero-order valence-electron chi connectivity index (χ0n) is 15.4. The Morgan fingerprint density at radius 1 is 1.04 bits per heavy atom. The lowest BCUT2D eigenvalue weighted by Crippen LogP contribution is -2.33. The number of anilines is 1. The molecule has 0 aliphatic carbocycles. The van der Waals surface area contributed by atoms with Gasteiger partial charge in [-0.3, -0.25) is 4.79 Å². The van der Waals surface area contributed by atoms with Gasteiger partial charge in [0.25, 0.3) is 5.91 Å². The van der Waals surface area contributed by atoms with E-state index in [1.807, 2.05) is 31.2 Å². The molecule has 0 spiro atoms. The fourth-order valence-electron chi connectivity index (χ4n) is 2.68. The molecule has 2 aromatic rings. The van der Waals surface area contributed by atoms with Gasteiger partial charge in [0.15, 0.2) is 6.10 Å². The standard InChI is InChI=1S/C21H25NO4/c1-4-14(3)15-10-7-9-13-19(15)26-18(5-2)20(23)22-17-12-8-6-11-16(17)21(24)25/h6-14,18H,4-5H2,1-3H3,(H,22,23)(H,24,25). The Labute approximate surface area is 154 Å². The van der Waals surface area contributed by atoms with Gasteiger partial charge in [-0.15, -0.1) is 0 Å². The van der Waals surface area contributed by atoms with E-state index in [-0.39, 0.29) is 17.2 Å². The molecule has 2 N–H and O–H groups in total. The number of carboxylic acid groups (broad SMARTS) is 1. The normalized spacial score (nSPS) is 12.9. The van der Waals surface area contributed by atoms with Crippen LogP contribution in [-0.2, 0) is 4.79 Å². The molecule has 5 heteroatoms. The first kappa shape index (κ1) is 19.5. The monoisotopic (exact) mass is 355 g/mol. The minimum Gasteiger partial charge on any atom is -0.480 e. The van der Waals surface area contributed by atoms with Gasteiger partial charge in [-0.2, -0.15) is 0 Å². The van der Waals surface area contributed by atoms with E-state index >= 15 is 0 Å². The van der Waals surface area contributed by atoms with Gasteiger partial charge >= 0.3 is 5.97 Å². The first-order chi connectivity index (χ1) is 12.5. The molecular formula is C21H25NO4. The Hall–Kier alpha value is -2.82. The molecule has 26 heavy (non-hydrogen) atoms. The average Bonchev–Trinajstić information content (AvgIpc) is 2.65. The highest BCUT2D eigenvalue weighted by molar-refractivity contribution is 6.01. The van der Waals surface area contributed by atoms with Gasteiger partial charge in [-0.05, 0) is 42.5 Å². The fourth-order valence-corrected chi connectivity index (χ4v) is 2.68. The number of carbonyl (C=O) groups excluding carboxylic acids is 1. The molecule has 5 nitrogen and oxygen atoms in total. The van der Waals surface area contributed by atoms with Gasteiger partial charge in [0.2, 0.25) is 0 Å². The van der Waals surface area contributed by atoms with Gasteiger partial charge in [0.1, 0.15) is 5.75 Å². The Morgan fingerprint density at radius 3 is 2.35 bits per heavy atom. The number of para-hydroxylation sites is 2. The minimum absolute atomic E-state index is 0.0516. The Morgan fingerprint density at radius 2 is 1.69 bits per heavy atom. The van der Waals surface area contributed by atoms with Gasteiger partial charge in [-0.1, -0.05) is 51.1 Å². The Kier molecular flexibility index (Phi) is 6.78. The zero-order chi connectivity index (χ0) is 19.1. The van der Waals surface area contributed by atoms with Crippen molar-refractivity contribution in [2.75, 3.05) is 5.32 Å². The number of rotatable bonds is 8. The average molecular weight is 355 g/mol. The van der Waals surface area contributed by atoms with Crippen molar-refractivity contribution in [3.05, 3.63) is 59.7 Å². The predicted octanol–water partition coefficient (Wildman–Crippen LogP) is 4.69. The number of hydrogen-bond donors (Lipinski definition) is 2. The van der Waals surface area contributed by atoms with Crippen LogP contribution in [0.15, 0.2) is 48.5 Å². The first-order valence-corrected chi connectivity index (χ1v) is 8.86. The molecule has 0 radical (unpaired) electrons. The zero-order valence-corrected chi connectivity index (χ0v) is 15.4. The van der Waals surface area contributed by atoms with E-state index in [1.165, 1.54) is 6.07 Å². The maximum absolute atomic E-state index is 12.6. The lowest BCUT2D eigenvalue weighted by atomic mass is 9.98. The molecule has 0 saturated heterocycles. The molecule has 2 aromatic carbocycles. The van der Waals surface area contributed by atoms with E-state index < -0.39 is 12.1 Å². The molecule has 0 fully saturated rings.